The van der Waals surface area contributed by atoms with Gasteiger partial charge in [0.1, 0.15) is 0 Å². The molecule has 1 aliphatic rings. The van der Waals surface area contributed by atoms with Crippen LogP contribution in [0.3, 0.4) is 0 Å². The Hall–Kier alpha value is -1.51. The Balaban J connectivity index is 2.10. The van der Waals surface area contributed by atoms with Gasteiger partial charge in [0.2, 0.25) is 5.91 Å². The van der Waals surface area contributed by atoms with Crippen molar-refractivity contribution in [1.82, 2.24) is 0 Å². The minimum Gasteiger partial charge on any atom is -0.381 e. The third-order valence-corrected chi connectivity index (χ3v) is 3.66. The number of carbonyl (C=O) groups excluding carboxylic acids is 1. The molecule has 3 heteroatoms. The third-order valence-electron chi connectivity index (χ3n) is 3.66. The highest BCUT2D eigenvalue weighted by molar-refractivity contribution is 5.98. The molecular weight excluding hydrogens is 236 g/mol. The summed E-state index contributed by atoms with van der Waals surface area (Å²) in [5, 5.41) is 3.55. The van der Waals surface area contributed by atoms with E-state index in [1.54, 1.807) is 0 Å². The molecule has 19 heavy (non-hydrogen) atoms. The summed E-state index contributed by atoms with van der Waals surface area (Å²) in [4.78, 5) is 13.8. The maximum Gasteiger partial charge on any atom is 0.227 e. The lowest BCUT2D eigenvalue weighted by Crippen LogP contribution is -2.26. The number of carbonyl (C=O) groups is 1. The van der Waals surface area contributed by atoms with E-state index in [0.717, 1.165) is 24.3 Å². The van der Waals surface area contributed by atoms with Crippen molar-refractivity contribution < 1.29 is 4.79 Å². The number of rotatable bonds is 6. The van der Waals surface area contributed by atoms with E-state index in [2.05, 4.69) is 25.2 Å². The molecule has 0 saturated carbocycles. The molecule has 0 aromatic heterocycles. The fraction of sp³-hybridized carbons (Fsp3) is 0.562. The second-order valence-corrected chi connectivity index (χ2v) is 5.35. The maximum atomic E-state index is 11.9. The Morgan fingerprint density at radius 3 is 2.84 bits per heavy atom. The van der Waals surface area contributed by atoms with E-state index in [1.807, 2.05) is 23.1 Å². The number of unbranched alkanes of at least 4 members (excludes halogenated alkanes) is 1. The zero-order valence-corrected chi connectivity index (χ0v) is 12.0. The van der Waals surface area contributed by atoms with E-state index < -0.39 is 0 Å². The minimum absolute atomic E-state index is 0.246. The van der Waals surface area contributed by atoms with E-state index >= 15 is 0 Å². The lowest BCUT2D eigenvalue weighted by Gasteiger charge is -2.23. The smallest absolute Gasteiger partial charge is 0.227 e. The summed E-state index contributed by atoms with van der Waals surface area (Å²) in [6, 6.07) is 8.59. The van der Waals surface area contributed by atoms with Crippen LogP contribution in [0.2, 0.25) is 0 Å². The standard InChI is InChI=1S/C16H24N2O/c1-3-4-8-13(2)17-14-9-5-6-10-15(14)18-12-7-11-16(18)19/h5-6,9-10,13,17H,3-4,7-8,11-12H2,1-2H3. The average molecular weight is 260 g/mol. The van der Waals surface area contributed by atoms with Crippen LogP contribution in [0.1, 0.15) is 46.0 Å². The van der Waals surface area contributed by atoms with E-state index in [-0.39, 0.29) is 5.91 Å². The topological polar surface area (TPSA) is 32.3 Å². The van der Waals surface area contributed by atoms with Crippen molar-refractivity contribution in [1.29, 1.82) is 0 Å². The molecule has 1 amide bonds. The maximum absolute atomic E-state index is 11.9. The normalized spacial score (nSPS) is 16.7. The zero-order chi connectivity index (χ0) is 13.7. The number of hydrogen-bond acceptors (Lipinski definition) is 2. The second-order valence-electron chi connectivity index (χ2n) is 5.35. The summed E-state index contributed by atoms with van der Waals surface area (Å²) in [7, 11) is 0. The number of anilines is 2. The van der Waals surface area contributed by atoms with Gasteiger partial charge in [-0.3, -0.25) is 4.79 Å². The first-order chi connectivity index (χ1) is 9.22. The van der Waals surface area contributed by atoms with Crippen LogP contribution in [-0.4, -0.2) is 18.5 Å². The minimum atomic E-state index is 0.246. The Kier molecular flexibility index (Phi) is 4.83. The van der Waals surface area contributed by atoms with Gasteiger partial charge in [0.25, 0.3) is 0 Å². The molecule has 1 saturated heterocycles. The molecule has 0 spiro atoms. The highest BCUT2D eigenvalue weighted by atomic mass is 16.2. The van der Waals surface area contributed by atoms with E-state index in [0.29, 0.717) is 12.5 Å². The molecule has 1 aliphatic heterocycles. The fourth-order valence-electron chi connectivity index (χ4n) is 2.58. The molecule has 3 nitrogen and oxygen atoms in total. The van der Waals surface area contributed by atoms with Gasteiger partial charge in [-0.2, -0.15) is 0 Å². The highest BCUT2D eigenvalue weighted by Gasteiger charge is 2.23. The van der Waals surface area contributed by atoms with E-state index in [1.165, 1.54) is 19.3 Å². The summed E-state index contributed by atoms with van der Waals surface area (Å²) in [5.41, 5.74) is 2.12. The van der Waals surface area contributed by atoms with Crippen LogP contribution in [0.4, 0.5) is 11.4 Å². The molecule has 1 heterocycles. The van der Waals surface area contributed by atoms with Gasteiger partial charge in [-0.15, -0.1) is 0 Å². The van der Waals surface area contributed by atoms with Gasteiger partial charge in [0.05, 0.1) is 11.4 Å². The van der Waals surface area contributed by atoms with Crippen LogP contribution in [0.5, 0.6) is 0 Å². The summed E-state index contributed by atoms with van der Waals surface area (Å²) >= 11 is 0. The summed E-state index contributed by atoms with van der Waals surface area (Å²) < 4.78 is 0. The van der Waals surface area contributed by atoms with Crippen molar-refractivity contribution in [2.24, 2.45) is 0 Å². The van der Waals surface area contributed by atoms with Crippen molar-refractivity contribution in [2.75, 3.05) is 16.8 Å². The van der Waals surface area contributed by atoms with E-state index in [4.69, 9.17) is 0 Å². The predicted molar refractivity (Wildman–Crippen MR) is 80.6 cm³/mol. The SMILES string of the molecule is CCCCC(C)Nc1ccccc1N1CCCC1=O. The summed E-state index contributed by atoms with van der Waals surface area (Å²) in [6.07, 6.45) is 5.27. The largest absolute Gasteiger partial charge is 0.381 e. The van der Waals surface area contributed by atoms with Crippen molar-refractivity contribution in [2.45, 2.75) is 52.0 Å². The van der Waals surface area contributed by atoms with Gasteiger partial charge in [0, 0.05) is 19.0 Å². The summed E-state index contributed by atoms with van der Waals surface area (Å²) in [6.45, 7) is 5.27. The van der Waals surface area contributed by atoms with Gasteiger partial charge in [0.15, 0.2) is 0 Å². The number of para-hydroxylation sites is 2. The molecule has 1 aromatic rings. The number of benzene rings is 1. The average Bonchev–Trinajstić information content (AvgIpc) is 2.83. The molecule has 1 aromatic carbocycles. The molecule has 0 aliphatic carbocycles. The first-order valence-corrected chi connectivity index (χ1v) is 7.38. The Morgan fingerprint density at radius 2 is 2.16 bits per heavy atom. The van der Waals surface area contributed by atoms with Crippen molar-refractivity contribution in [3.63, 3.8) is 0 Å². The van der Waals surface area contributed by atoms with Gasteiger partial charge in [-0.05, 0) is 31.9 Å². The molecule has 1 N–H and O–H groups in total. The first kappa shape index (κ1) is 13.9. The summed E-state index contributed by atoms with van der Waals surface area (Å²) in [5.74, 6) is 0.246. The molecule has 1 atom stereocenters. The lowest BCUT2D eigenvalue weighted by atomic mass is 10.1. The van der Waals surface area contributed by atoms with Gasteiger partial charge in [-0.1, -0.05) is 31.9 Å². The molecule has 104 valence electrons. The van der Waals surface area contributed by atoms with Crippen molar-refractivity contribution in [3.05, 3.63) is 24.3 Å². The second kappa shape index (κ2) is 6.60. The Morgan fingerprint density at radius 1 is 1.37 bits per heavy atom. The van der Waals surface area contributed by atoms with Crippen LogP contribution in [0.25, 0.3) is 0 Å². The molecule has 2 rings (SSSR count). The Labute approximate surface area is 116 Å². The number of nitrogens with one attached hydrogen (secondary N) is 1. The van der Waals surface area contributed by atoms with Crippen LogP contribution < -0.4 is 10.2 Å². The van der Waals surface area contributed by atoms with Gasteiger partial charge >= 0.3 is 0 Å². The molecular formula is C16H24N2O. The fourth-order valence-corrected chi connectivity index (χ4v) is 2.58. The number of hydrogen-bond donors (Lipinski definition) is 1. The Bertz CT molecular complexity index is 431. The number of amides is 1. The van der Waals surface area contributed by atoms with E-state index in [9.17, 15) is 4.79 Å². The first-order valence-electron chi connectivity index (χ1n) is 7.38. The van der Waals surface area contributed by atoms with Crippen LogP contribution in [-0.2, 0) is 4.79 Å². The van der Waals surface area contributed by atoms with Crippen LogP contribution in [0.15, 0.2) is 24.3 Å². The van der Waals surface area contributed by atoms with Gasteiger partial charge in [-0.25, -0.2) is 0 Å². The van der Waals surface area contributed by atoms with Crippen LogP contribution in [0, 0.1) is 0 Å². The van der Waals surface area contributed by atoms with Crippen molar-refractivity contribution in [3.8, 4) is 0 Å². The van der Waals surface area contributed by atoms with Gasteiger partial charge < -0.3 is 10.2 Å². The molecule has 0 radical (unpaired) electrons. The quantitative estimate of drug-likeness (QED) is 0.843. The highest BCUT2D eigenvalue weighted by Crippen LogP contribution is 2.30. The lowest BCUT2D eigenvalue weighted by molar-refractivity contribution is -0.117. The molecule has 1 unspecified atom stereocenters. The van der Waals surface area contributed by atoms with Crippen LogP contribution >= 0.6 is 0 Å². The third kappa shape index (κ3) is 3.49. The predicted octanol–water partition coefficient (Wildman–Crippen LogP) is 3.80. The molecule has 0 bridgehead atoms. The van der Waals surface area contributed by atoms with Crippen molar-refractivity contribution >= 4 is 17.3 Å². The number of nitrogens with zero attached hydrogens (tertiary/aromatic N) is 1. The zero-order valence-electron chi connectivity index (χ0n) is 12.0. The monoisotopic (exact) mass is 260 g/mol. The molecule has 1 fully saturated rings.